The number of benzene rings is 2. The quantitative estimate of drug-likeness (QED) is 0.258. The Morgan fingerprint density at radius 2 is 1.68 bits per heavy atom. The van der Waals surface area contributed by atoms with Crippen molar-refractivity contribution in [3.8, 4) is 40.2 Å². The van der Waals surface area contributed by atoms with E-state index in [0.29, 0.717) is 19.6 Å². The van der Waals surface area contributed by atoms with Gasteiger partial charge in [-0.05, 0) is 24.3 Å². The van der Waals surface area contributed by atoms with E-state index in [1.807, 2.05) is 0 Å². The highest BCUT2D eigenvalue weighted by Gasteiger charge is 2.29. The molecule has 44 heavy (non-hydrogen) atoms. The molecule has 1 unspecified atom stereocenters. The molecular formula is C29H26F4N4O7. The zero-order valence-corrected chi connectivity index (χ0v) is 23.6. The van der Waals surface area contributed by atoms with Gasteiger partial charge in [-0.2, -0.15) is 18.4 Å². The number of alkyl halides is 2. The van der Waals surface area contributed by atoms with Crippen molar-refractivity contribution in [2.24, 2.45) is 7.05 Å². The predicted molar refractivity (Wildman–Crippen MR) is 148 cm³/mol. The molecule has 1 fully saturated rings. The number of methoxy groups -OCH3 is 2. The Hall–Kier alpha value is -5.05. The Morgan fingerprint density at radius 1 is 1.02 bits per heavy atom. The van der Waals surface area contributed by atoms with E-state index in [0.717, 1.165) is 33.6 Å². The van der Waals surface area contributed by atoms with Gasteiger partial charge in [-0.1, -0.05) is 0 Å². The predicted octanol–water partition coefficient (Wildman–Crippen LogP) is 4.55. The number of amides is 1. The summed E-state index contributed by atoms with van der Waals surface area (Å²) in [6, 6.07) is 9.38. The maximum atomic E-state index is 15.4. The van der Waals surface area contributed by atoms with Gasteiger partial charge in [-0.15, -0.1) is 0 Å². The monoisotopic (exact) mass is 618 g/mol. The number of carbonyl (C=O) groups excluding carboxylic acids is 1. The van der Waals surface area contributed by atoms with Crippen LogP contribution in [-0.4, -0.2) is 60.4 Å². The third-order valence-corrected chi connectivity index (χ3v) is 6.72. The van der Waals surface area contributed by atoms with E-state index in [4.69, 9.17) is 18.9 Å². The summed E-state index contributed by atoms with van der Waals surface area (Å²) in [5, 5.41) is 2.42. The third kappa shape index (κ3) is 6.17. The van der Waals surface area contributed by atoms with E-state index < -0.39 is 41.0 Å². The van der Waals surface area contributed by atoms with Crippen LogP contribution >= 0.6 is 0 Å². The van der Waals surface area contributed by atoms with E-state index in [9.17, 15) is 18.4 Å². The number of halogens is 4. The van der Waals surface area contributed by atoms with Gasteiger partial charge in [0.15, 0.2) is 5.82 Å². The number of pyridine rings is 1. The highest BCUT2D eigenvalue weighted by molar-refractivity contribution is 6.06. The Bertz CT molecular complexity index is 1710. The van der Waals surface area contributed by atoms with Crippen LogP contribution in [-0.2, 0) is 11.8 Å². The molecule has 0 aliphatic carbocycles. The van der Waals surface area contributed by atoms with Gasteiger partial charge in [0.05, 0.1) is 33.0 Å². The molecule has 1 atom stereocenters. The molecule has 2 aromatic heterocycles. The number of rotatable bonds is 10. The second-order valence-corrected chi connectivity index (χ2v) is 9.49. The van der Waals surface area contributed by atoms with Crippen LogP contribution < -0.4 is 29.8 Å². The number of hydrogen-bond acceptors (Lipinski definition) is 8. The molecule has 4 aromatic rings. The first kappa shape index (κ1) is 30.4. The van der Waals surface area contributed by atoms with E-state index in [1.54, 1.807) is 0 Å². The summed E-state index contributed by atoms with van der Waals surface area (Å²) < 4.78 is 83.9. The van der Waals surface area contributed by atoms with Gasteiger partial charge in [-0.3, -0.25) is 14.3 Å². The SMILES string of the molecule is COc1cc(OC2CCOC2)nc(-n2c(=O)c(NC(=O)c3ccc(OC(F)F)cc3)c(-c3c(F)cc(OC)cc3F)n2C)c1. The Balaban J connectivity index is 1.64. The van der Waals surface area contributed by atoms with Crippen LogP contribution in [0.1, 0.15) is 16.8 Å². The minimum atomic E-state index is -3.07. The van der Waals surface area contributed by atoms with Crippen molar-refractivity contribution < 1.29 is 46.0 Å². The molecular weight excluding hydrogens is 592 g/mol. The zero-order valence-electron chi connectivity index (χ0n) is 23.6. The van der Waals surface area contributed by atoms with Gasteiger partial charge in [0, 0.05) is 43.3 Å². The molecule has 3 heterocycles. The number of carbonyl (C=O) groups is 1. The van der Waals surface area contributed by atoms with Gasteiger partial charge in [0.1, 0.15) is 46.4 Å². The zero-order chi connectivity index (χ0) is 31.5. The number of hydrogen-bond donors (Lipinski definition) is 1. The summed E-state index contributed by atoms with van der Waals surface area (Å²) in [6.07, 6.45) is 0.321. The fraction of sp³-hybridized carbons (Fsp3) is 0.276. The first-order chi connectivity index (χ1) is 21.1. The van der Waals surface area contributed by atoms with Crippen LogP contribution in [0.25, 0.3) is 17.1 Å². The average Bonchev–Trinajstić information content (AvgIpc) is 3.58. The summed E-state index contributed by atoms with van der Waals surface area (Å²) in [7, 11) is 3.97. The summed E-state index contributed by atoms with van der Waals surface area (Å²) in [5.74, 6) is -3.03. The molecule has 1 N–H and O–H groups in total. The molecule has 0 saturated carbocycles. The summed E-state index contributed by atoms with van der Waals surface area (Å²) in [6.45, 7) is -2.23. The number of ether oxygens (including phenoxy) is 5. The fourth-order valence-corrected chi connectivity index (χ4v) is 4.66. The number of aromatic nitrogens is 3. The molecule has 1 aliphatic heterocycles. The van der Waals surface area contributed by atoms with Crippen LogP contribution in [0.15, 0.2) is 53.3 Å². The maximum absolute atomic E-state index is 15.4. The van der Waals surface area contributed by atoms with Crippen molar-refractivity contribution in [1.29, 1.82) is 0 Å². The van der Waals surface area contributed by atoms with Gasteiger partial charge in [0.25, 0.3) is 11.5 Å². The van der Waals surface area contributed by atoms with Crippen molar-refractivity contribution in [2.75, 3.05) is 32.8 Å². The van der Waals surface area contributed by atoms with Crippen LogP contribution in [0.5, 0.6) is 23.1 Å². The van der Waals surface area contributed by atoms with Gasteiger partial charge >= 0.3 is 6.61 Å². The van der Waals surface area contributed by atoms with Crippen LogP contribution in [0.2, 0.25) is 0 Å². The Kier molecular flexibility index (Phi) is 8.76. The normalized spacial score (nSPS) is 14.5. The molecule has 0 spiro atoms. The standard InChI is InChI=1S/C29H26F4N4O7/c1-36-26(24-20(30)10-18(40-2)11-21(24)31)25(35-27(38)15-4-6-16(7-5-15)44-29(32)33)28(39)37(36)22-12-19(41-3)13-23(34-22)43-17-8-9-42-14-17/h4-7,10-13,17,29H,8-9,14H2,1-3H3,(H,35,38). The lowest BCUT2D eigenvalue weighted by atomic mass is 10.1. The third-order valence-electron chi connectivity index (χ3n) is 6.72. The van der Waals surface area contributed by atoms with E-state index in [-0.39, 0.29) is 46.3 Å². The highest BCUT2D eigenvalue weighted by atomic mass is 19.3. The Morgan fingerprint density at radius 3 is 2.27 bits per heavy atom. The molecule has 1 saturated heterocycles. The van der Waals surface area contributed by atoms with Gasteiger partial charge in [0.2, 0.25) is 5.88 Å². The average molecular weight is 619 g/mol. The molecule has 0 bridgehead atoms. The lowest BCUT2D eigenvalue weighted by Gasteiger charge is -2.15. The number of nitrogens with zero attached hydrogens (tertiary/aromatic N) is 3. The van der Waals surface area contributed by atoms with Gasteiger partial charge in [-0.25, -0.2) is 8.78 Å². The summed E-state index contributed by atoms with van der Waals surface area (Å²) in [4.78, 5) is 31.6. The summed E-state index contributed by atoms with van der Waals surface area (Å²) in [5.41, 5.74) is -2.43. The minimum absolute atomic E-state index is 0.0460. The molecule has 11 nitrogen and oxygen atoms in total. The lowest BCUT2D eigenvalue weighted by molar-refractivity contribution is -0.0498. The van der Waals surface area contributed by atoms with Crippen molar-refractivity contribution >= 4 is 11.6 Å². The number of nitrogens with one attached hydrogen (secondary N) is 1. The highest BCUT2D eigenvalue weighted by Crippen LogP contribution is 2.35. The second kappa shape index (κ2) is 12.7. The lowest BCUT2D eigenvalue weighted by Crippen LogP contribution is -2.24. The fourth-order valence-electron chi connectivity index (χ4n) is 4.66. The molecule has 5 rings (SSSR count). The first-order valence-corrected chi connectivity index (χ1v) is 13.1. The molecule has 232 valence electrons. The van der Waals surface area contributed by atoms with Crippen molar-refractivity contribution in [2.45, 2.75) is 19.1 Å². The topological polar surface area (TPSA) is 115 Å². The minimum Gasteiger partial charge on any atom is -0.497 e. The molecule has 0 radical (unpaired) electrons. The Labute approximate surface area is 247 Å². The maximum Gasteiger partial charge on any atom is 0.387 e. The van der Waals surface area contributed by atoms with Crippen LogP contribution in [0.4, 0.5) is 23.2 Å². The van der Waals surface area contributed by atoms with Crippen LogP contribution in [0.3, 0.4) is 0 Å². The molecule has 2 aromatic carbocycles. The largest absolute Gasteiger partial charge is 0.497 e. The van der Waals surface area contributed by atoms with Gasteiger partial charge < -0.3 is 29.0 Å². The first-order valence-electron chi connectivity index (χ1n) is 13.1. The van der Waals surface area contributed by atoms with Crippen molar-refractivity contribution in [3.05, 3.63) is 76.1 Å². The van der Waals surface area contributed by atoms with Crippen LogP contribution in [0, 0.1) is 11.6 Å². The van der Waals surface area contributed by atoms with Crippen molar-refractivity contribution in [1.82, 2.24) is 14.3 Å². The number of anilines is 1. The second-order valence-electron chi connectivity index (χ2n) is 9.49. The molecule has 1 aliphatic rings. The molecule has 15 heteroatoms. The smallest absolute Gasteiger partial charge is 0.387 e. The van der Waals surface area contributed by atoms with E-state index in [2.05, 4.69) is 15.0 Å². The van der Waals surface area contributed by atoms with E-state index >= 15 is 8.78 Å². The van der Waals surface area contributed by atoms with E-state index in [1.165, 1.54) is 45.5 Å². The molecule has 1 amide bonds. The van der Waals surface area contributed by atoms with Crippen molar-refractivity contribution in [3.63, 3.8) is 0 Å². The summed E-state index contributed by atoms with van der Waals surface area (Å²) >= 11 is 0.